The molecule has 25 heavy (non-hydrogen) atoms. The van der Waals surface area contributed by atoms with Gasteiger partial charge in [0.05, 0.1) is 45.4 Å². The summed E-state index contributed by atoms with van der Waals surface area (Å²) in [4.78, 5) is 32.8. The van der Waals surface area contributed by atoms with Gasteiger partial charge in [-0.3, -0.25) is 14.4 Å². The normalized spacial score (nSPS) is 11.7. The van der Waals surface area contributed by atoms with Crippen LogP contribution < -0.4 is 0 Å². The van der Waals surface area contributed by atoms with Gasteiger partial charge in [0.1, 0.15) is 0 Å². The topological polar surface area (TPSA) is 112 Å². The van der Waals surface area contributed by atoms with Crippen LogP contribution in [-0.2, 0) is 14.4 Å². The highest BCUT2D eigenvalue weighted by Gasteiger charge is 2.29. The van der Waals surface area contributed by atoms with Crippen LogP contribution in [0.2, 0.25) is 0 Å². The lowest BCUT2D eigenvalue weighted by atomic mass is 10.1. The molecule has 3 N–H and O–H groups in total. The Morgan fingerprint density at radius 2 is 1.20 bits per heavy atom. The van der Waals surface area contributed by atoms with E-state index in [1.807, 2.05) is 0 Å². The van der Waals surface area contributed by atoms with E-state index in [9.17, 15) is 14.4 Å². The zero-order valence-electron chi connectivity index (χ0n) is 15.2. The van der Waals surface area contributed by atoms with Crippen LogP contribution in [0.3, 0.4) is 0 Å². The molecular formula is C18H32NO6+. The van der Waals surface area contributed by atoms with E-state index < -0.39 is 17.9 Å². The molecule has 0 bridgehead atoms. The van der Waals surface area contributed by atoms with E-state index in [-0.39, 0.29) is 43.4 Å². The van der Waals surface area contributed by atoms with E-state index in [0.717, 1.165) is 32.1 Å². The van der Waals surface area contributed by atoms with Gasteiger partial charge in [0.15, 0.2) is 0 Å². The van der Waals surface area contributed by atoms with E-state index in [2.05, 4.69) is 19.1 Å². The Morgan fingerprint density at radius 3 is 1.60 bits per heavy atom. The molecule has 0 heterocycles. The Labute approximate surface area is 149 Å². The number of quaternary nitrogens is 1. The summed E-state index contributed by atoms with van der Waals surface area (Å²) in [6.45, 7) is 3.50. The highest BCUT2D eigenvalue weighted by molar-refractivity contribution is 5.67. The van der Waals surface area contributed by atoms with Gasteiger partial charge in [0.25, 0.3) is 0 Å². The SMILES string of the molecule is CC/C=C/CCCCC[N+](CCC(=O)O)(CCC(=O)O)CCC(=O)O. The Morgan fingerprint density at radius 1 is 0.720 bits per heavy atom. The highest BCUT2D eigenvalue weighted by atomic mass is 16.4. The first-order valence-corrected chi connectivity index (χ1v) is 8.97. The minimum Gasteiger partial charge on any atom is -0.481 e. The molecule has 7 nitrogen and oxygen atoms in total. The van der Waals surface area contributed by atoms with Crippen LogP contribution in [0.4, 0.5) is 0 Å². The molecule has 0 amide bonds. The van der Waals surface area contributed by atoms with E-state index in [1.165, 1.54) is 0 Å². The minimum absolute atomic E-state index is 0.0848. The molecule has 0 unspecified atom stereocenters. The molecule has 0 spiro atoms. The molecule has 0 atom stereocenters. The van der Waals surface area contributed by atoms with Crippen LogP contribution in [0.1, 0.15) is 58.3 Å². The second-order valence-corrected chi connectivity index (χ2v) is 6.40. The summed E-state index contributed by atoms with van der Waals surface area (Å²) >= 11 is 0. The van der Waals surface area contributed by atoms with Gasteiger partial charge in [-0.25, -0.2) is 0 Å². The predicted molar refractivity (Wildman–Crippen MR) is 94.4 cm³/mol. The van der Waals surface area contributed by atoms with Gasteiger partial charge in [-0.05, 0) is 32.1 Å². The van der Waals surface area contributed by atoms with E-state index >= 15 is 0 Å². The molecule has 0 aliphatic heterocycles. The Balaban J connectivity index is 4.75. The van der Waals surface area contributed by atoms with Crippen LogP contribution in [-0.4, -0.2) is 63.9 Å². The number of nitrogens with zero attached hydrogens (tertiary/aromatic N) is 1. The summed E-state index contributed by atoms with van der Waals surface area (Å²) in [7, 11) is 0. The largest absolute Gasteiger partial charge is 0.481 e. The number of carboxylic acid groups (broad SMARTS) is 3. The first-order chi connectivity index (χ1) is 11.8. The van der Waals surface area contributed by atoms with Crippen molar-refractivity contribution in [2.45, 2.75) is 58.3 Å². The maximum Gasteiger partial charge on any atom is 0.309 e. The number of unbranched alkanes of at least 4 members (excludes halogenated alkanes) is 3. The van der Waals surface area contributed by atoms with Crippen LogP contribution in [0.5, 0.6) is 0 Å². The van der Waals surface area contributed by atoms with Gasteiger partial charge in [-0.1, -0.05) is 19.1 Å². The van der Waals surface area contributed by atoms with Gasteiger partial charge in [0.2, 0.25) is 0 Å². The number of carbonyl (C=O) groups is 3. The fraction of sp³-hybridized carbons (Fsp3) is 0.722. The quantitative estimate of drug-likeness (QED) is 0.222. The van der Waals surface area contributed by atoms with Crippen molar-refractivity contribution in [3.8, 4) is 0 Å². The second kappa shape index (κ2) is 13.4. The summed E-state index contributed by atoms with van der Waals surface area (Å²) in [5.74, 6) is -2.84. The number of rotatable bonds is 16. The zero-order valence-corrected chi connectivity index (χ0v) is 15.2. The summed E-state index contributed by atoms with van der Waals surface area (Å²) in [6.07, 6.45) is 8.82. The molecule has 0 aromatic carbocycles. The van der Waals surface area contributed by atoms with Gasteiger partial charge in [-0.15, -0.1) is 0 Å². The molecule has 0 fully saturated rings. The lowest BCUT2D eigenvalue weighted by molar-refractivity contribution is -0.927. The fourth-order valence-electron chi connectivity index (χ4n) is 2.84. The van der Waals surface area contributed by atoms with E-state index in [1.54, 1.807) is 0 Å². The number of hydrogen-bond acceptors (Lipinski definition) is 3. The van der Waals surface area contributed by atoms with Crippen LogP contribution in [0.15, 0.2) is 12.2 Å². The van der Waals surface area contributed by atoms with E-state index in [0.29, 0.717) is 6.54 Å². The van der Waals surface area contributed by atoms with Gasteiger partial charge in [0, 0.05) is 0 Å². The first kappa shape index (κ1) is 23.1. The maximum atomic E-state index is 10.9. The zero-order chi connectivity index (χ0) is 19.1. The predicted octanol–water partition coefficient (Wildman–Crippen LogP) is 2.75. The molecular weight excluding hydrogens is 326 g/mol. The van der Waals surface area contributed by atoms with Crippen LogP contribution >= 0.6 is 0 Å². The molecule has 0 saturated heterocycles. The average molecular weight is 358 g/mol. The third-order valence-corrected chi connectivity index (χ3v) is 4.31. The first-order valence-electron chi connectivity index (χ1n) is 8.97. The average Bonchev–Trinajstić information content (AvgIpc) is 2.54. The van der Waals surface area contributed by atoms with Crippen LogP contribution in [0, 0.1) is 0 Å². The summed E-state index contributed by atoms with van der Waals surface area (Å²) < 4.78 is 0.246. The second-order valence-electron chi connectivity index (χ2n) is 6.40. The van der Waals surface area contributed by atoms with E-state index in [4.69, 9.17) is 15.3 Å². The third-order valence-electron chi connectivity index (χ3n) is 4.31. The highest BCUT2D eigenvalue weighted by Crippen LogP contribution is 2.16. The number of carboxylic acids is 3. The lowest BCUT2D eigenvalue weighted by Crippen LogP contribution is -2.52. The minimum atomic E-state index is -0.946. The Kier molecular flexibility index (Phi) is 12.4. The molecule has 0 aliphatic carbocycles. The van der Waals surface area contributed by atoms with Gasteiger partial charge in [-0.2, -0.15) is 0 Å². The molecule has 0 aliphatic rings. The molecule has 0 aromatic rings. The molecule has 0 aromatic heterocycles. The monoisotopic (exact) mass is 358 g/mol. The molecule has 0 rings (SSSR count). The van der Waals surface area contributed by atoms with Crippen molar-refractivity contribution in [3.05, 3.63) is 12.2 Å². The van der Waals surface area contributed by atoms with Crippen molar-refractivity contribution in [1.29, 1.82) is 0 Å². The maximum absolute atomic E-state index is 10.9. The summed E-state index contributed by atoms with van der Waals surface area (Å²) in [5, 5.41) is 26.9. The van der Waals surface area contributed by atoms with Crippen molar-refractivity contribution in [1.82, 2.24) is 0 Å². The van der Waals surface area contributed by atoms with Crippen molar-refractivity contribution in [2.24, 2.45) is 0 Å². The molecule has 0 saturated carbocycles. The number of aliphatic carboxylic acids is 3. The summed E-state index contributed by atoms with van der Waals surface area (Å²) in [6, 6.07) is 0. The van der Waals surface area contributed by atoms with Gasteiger partial charge < -0.3 is 19.8 Å². The Bertz CT molecular complexity index is 401. The standard InChI is InChI=1S/C18H31NO6/c1-2-3-4-5-6-7-8-12-19(13-9-16(20)21,14-10-17(22)23)15-11-18(24)25/h3-4H,2,5-15H2,1H3,(H2-,20,21,22,23,24,25)/p+1/b4-3+. The number of allylic oxidation sites excluding steroid dienone is 2. The fourth-order valence-corrected chi connectivity index (χ4v) is 2.84. The van der Waals surface area contributed by atoms with Crippen molar-refractivity contribution < 1.29 is 34.2 Å². The molecule has 7 heteroatoms. The van der Waals surface area contributed by atoms with Crippen molar-refractivity contribution in [3.63, 3.8) is 0 Å². The Hall–Kier alpha value is -1.89. The lowest BCUT2D eigenvalue weighted by Gasteiger charge is -2.38. The summed E-state index contributed by atoms with van der Waals surface area (Å²) in [5.41, 5.74) is 0. The van der Waals surface area contributed by atoms with Gasteiger partial charge >= 0.3 is 17.9 Å². The third kappa shape index (κ3) is 13.1. The van der Waals surface area contributed by atoms with Crippen molar-refractivity contribution >= 4 is 17.9 Å². The smallest absolute Gasteiger partial charge is 0.309 e. The molecule has 144 valence electrons. The number of hydrogen-bond donors (Lipinski definition) is 3. The molecule has 0 radical (unpaired) electrons. The van der Waals surface area contributed by atoms with Crippen LogP contribution in [0.25, 0.3) is 0 Å². The van der Waals surface area contributed by atoms with Crippen molar-refractivity contribution in [2.75, 3.05) is 26.2 Å².